The number of fused-ring (bicyclic) bond motifs is 1. The molecule has 0 radical (unpaired) electrons. The summed E-state index contributed by atoms with van der Waals surface area (Å²) in [6.45, 7) is 6.56. The molecular formula is C31H27BrN2O3. The van der Waals surface area contributed by atoms with Crippen molar-refractivity contribution in [3.8, 4) is 17.6 Å². The number of amides is 1. The molecule has 0 aliphatic heterocycles. The van der Waals surface area contributed by atoms with Crippen LogP contribution in [0.4, 0.5) is 5.69 Å². The van der Waals surface area contributed by atoms with E-state index in [1.54, 1.807) is 18.2 Å². The lowest BCUT2D eigenvalue weighted by Crippen LogP contribution is -2.14. The van der Waals surface area contributed by atoms with Crippen molar-refractivity contribution in [2.75, 3.05) is 11.9 Å². The number of nitriles is 1. The van der Waals surface area contributed by atoms with Crippen LogP contribution in [-0.4, -0.2) is 12.5 Å². The molecular weight excluding hydrogens is 528 g/mol. The topological polar surface area (TPSA) is 71.3 Å². The number of rotatable bonds is 8. The zero-order valence-electron chi connectivity index (χ0n) is 21.0. The minimum atomic E-state index is -0.475. The van der Waals surface area contributed by atoms with Gasteiger partial charge in [-0.25, -0.2) is 0 Å². The summed E-state index contributed by atoms with van der Waals surface area (Å²) in [5.41, 5.74) is 4.30. The van der Waals surface area contributed by atoms with Crippen LogP contribution in [0.25, 0.3) is 16.8 Å². The number of ether oxygens (including phenoxy) is 2. The lowest BCUT2D eigenvalue weighted by molar-refractivity contribution is -0.112. The normalized spacial score (nSPS) is 11.2. The number of halogens is 1. The monoisotopic (exact) mass is 554 g/mol. The Kier molecular flexibility index (Phi) is 8.27. The van der Waals surface area contributed by atoms with Gasteiger partial charge in [-0.05, 0) is 78.1 Å². The van der Waals surface area contributed by atoms with Gasteiger partial charge in [-0.3, -0.25) is 4.79 Å². The van der Waals surface area contributed by atoms with E-state index in [-0.39, 0.29) is 5.57 Å². The van der Waals surface area contributed by atoms with Crippen molar-refractivity contribution in [2.45, 2.75) is 27.4 Å². The third-order valence-corrected chi connectivity index (χ3v) is 6.62. The van der Waals surface area contributed by atoms with E-state index in [1.807, 2.05) is 69.3 Å². The summed E-state index contributed by atoms with van der Waals surface area (Å²) in [5, 5.41) is 14.9. The molecule has 0 bridgehead atoms. The second-order valence-electron chi connectivity index (χ2n) is 8.62. The first-order chi connectivity index (χ1) is 17.9. The Labute approximate surface area is 225 Å². The number of nitrogens with one attached hydrogen (secondary N) is 1. The van der Waals surface area contributed by atoms with Crippen molar-refractivity contribution in [3.05, 3.63) is 105 Å². The minimum absolute atomic E-state index is 0.0199. The molecule has 0 spiro atoms. The number of hydrogen-bond acceptors (Lipinski definition) is 4. The second kappa shape index (κ2) is 11.8. The van der Waals surface area contributed by atoms with Crippen molar-refractivity contribution in [2.24, 2.45) is 0 Å². The highest BCUT2D eigenvalue weighted by Gasteiger charge is 2.15. The van der Waals surface area contributed by atoms with Gasteiger partial charge >= 0.3 is 0 Å². The number of carbonyl (C=O) groups is 1. The molecule has 0 saturated carbocycles. The van der Waals surface area contributed by atoms with Crippen LogP contribution < -0.4 is 14.8 Å². The number of anilines is 1. The number of benzene rings is 4. The maximum atomic E-state index is 12.9. The van der Waals surface area contributed by atoms with E-state index in [1.165, 1.54) is 0 Å². The standard InChI is InChI=1S/C31H27BrN2O3/c1-4-36-29-16-24(15-25(18-33)31(35)34-28-14-20(2)12-13-21(28)3)27(32)17-30(29)37-19-23-10-7-9-22-8-5-6-11-26(22)23/h5-17H,4,19H2,1-3H3,(H,34,35)/b25-15+. The molecule has 0 fully saturated rings. The van der Waals surface area contributed by atoms with Gasteiger partial charge in [0, 0.05) is 10.2 Å². The van der Waals surface area contributed by atoms with E-state index in [2.05, 4.69) is 39.4 Å². The summed E-state index contributed by atoms with van der Waals surface area (Å²) in [5.74, 6) is 0.624. The molecule has 1 amide bonds. The minimum Gasteiger partial charge on any atom is -0.490 e. The van der Waals surface area contributed by atoms with E-state index >= 15 is 0 Å². The summed E-state index contributed by atoms with van der Waals surface area (Å²) in [6.07, 6.45) is 1.54. The molecule has 37 heavy (non-hydrogen) atoms. The third-order valence-electron chi connectivity index (χ3n) is 5.93. The van der Waals surface area contributed by atoms with Crippen LogP contribution in [0.5, 0.6) is 11.5 Å². The average molecular weight is 555 g/mol. The van der Waals surface area contributed by atoms with Crippen LogP contribution in [-0.2, 0) is 11.4 Å². The van der Waals surface area contributed by atoms with Gasteiger partial charge < -0.3 is 14.8 Å². The molecule has 0 atom stereocenters. The Balaban J connectivity index is 1.60. The lowest BCUT2D eigenvalue weighted by Gasteiger charge is -2.15. The van der Waals surface area contributed by atoms with Crippen LogP contribution in [0.15, 0.2) is 82.8 Å². The van der Waals surface area contributed by atoms with Gasteiger partial charge in [-0.1, -0.05) is 70.5 Å². The first-order valence-electron chi connectivity index (χ1n) is 12.0. The molecule has 0 unspecified atom stereocenters. The van der Waals surface area contributed by atoms with E-state index in [0.29, 0.717) is 40.4 Å². The van der Waals surface area contributed by atoms with E-state index < -0.39 is 5.91 Å². The van der Waals surface area contributed by atoms with Gasteiger partial charge in [0.1, 0.15) is 18.2 Å². The fourth-order valence-electron chi connectivity index (χ4n) is 3.98. The summed E-state index contributed by atoms with van der Waals surface area (Å²) >= 11 is 3.57. The fourth-order valence-corrected chi connectivity index (χ4v) is 4.42. The van der Waals surface area contributed by atoms with Crippen molar-refractivity contribution in [1.29, 1.82) is 5.26 Å². The predicted molar refractivity (Wildman–Crippen MR) is 152 cm³/mol. The molecule has 1 N–H and O–H groups in total. The van der Waals surface area contributed by atoms with Crippen LogP contribution in [0.2, 0.25) is 0 Å². The molecule has 5 nitrogen and oxygen atoms in total. The first kappa shape index (κ1) is 26.0. The Morgan fingerprint density at radius 3 is 2.54 bits per heavy atom. The Morgan fingerprint density at radius 1 is 1.00 bits per heavy atom. The maximum Gasteiger partial charge on any atom is 0.266 e. The summed E-state index contributed by atoms with van der Waals surface area (Å²) in [6, 6.07) is 25.7. The molecule has 0 aliphatic rings. The van der Waals surface area contributed by atoms with Crippen molar-refractivity contribution in [1.82, 2.24) is 0 Å². The number of carbonyl (C=O) groups excluding carboxylic acids is 1. The second-order valence-corrected chi connectivity index (χ2v) is 9.48. The van der Waals surface area contributed by atoms with E-state index in [0.717, 1.165) is 27.5 Å². The van der Waals surface area contributed by atoms with Crippen molar-refractivity contribution < 1.29 is 14.3 Å². The summed E-state index contributed by atoms with van der Waals surface area (Å²) in [7, 11) is 0. The largest absolute Gasteiger partial charge is 0.490 e. The van der Waals surface area contributed by atoms with Gasteiger partial charge in [-0.2, -0.15) is 5.26 Å². The van der Waals surface area contributed by atoms with Crippen molar-refractivity contribution in [3.63, 3.8) is 0 Å². The molecule has 0 heterocycles. The first-order valence-corrected chi connectivity index (χ1v) is 12.7. The molecule has 0 aliphatic carbocycles. The molecule has 4 aromatic carbocycles. The van der Waals surface area contributed by atoms with Gasteiger partial charge in [-0.15, -0.1) is 0 Å². The van der Waals surface area contributed by atoms with E-state index in [4.69, 9.17) is 9.47 Å². The SMILES string of the molecule is CCOc1cc(/C=C(\C#N)C(=O)Nc2cc(C)ccc2C)c(Br)cc1OCc1cccc2ccccc12. The highest BCUT2D eigenvalue weighted by atomic mass is 79.9. The zero-order chi connectivity index (χ0) is 26.4. The average Bonchev–Trinajstić information content (AvgIpc) is 2.90. The van der Waals surface area contributed by atoms with Crippen LogP contribution in [0.3, 0.4) is 0 Å². The fraction of sp³-hybridized carbons (Fsp3) is 0.161. The van der Waals surface area contributed by atoms with Crippen LogP contribution >= 0.6 is 15.9 Å². The Morgan fingerprint density at radius 2 is 1.76 bits per heavy atom. The molecule has 6 heteroatoms. The number of aryl methyl sites for hydroxylation is 2. The Bertz CT molecular complexity index is 1530. The smallest absolute Gasteiger partial charge is 0.266 e. The predicted octanol–water partition coefficient (Wildman–Crippen LogP) is 7.74. The highest BCUT2D eigenvalue weighted by Crippen LogP contribution is 2.36. The number of hydrogen-bond donors (Lipinski definition) is 1. The maximum absolute atomic E-state index is 12.9. The van der Waals surface area contributed by atoms with Gasteiger partial charge in [0.2, 0.25) is 0 Å². The molecule has 4 rings (SSSR count). The zero-order valence-corrected chi connectivity index (χ0v) is 22.6. The molecule has 4 aromatic rings. The lowest BCUT2D eigenvalue weighted by atomic mass is 10.1. The van der Waals surface area contributed by atoms with E-state index in [9.17, 15) is 10.1 Å². The van der Waals surface area contributed by atoms with Crippen molar-refractivity contribution >= 4 is 44.4 Å². The highest BCUT2D eigenvalue weighted by molar-refractivity contribution is 9.10. The van der Waals surface area contributed by atoms with Gasteiger partial charge in [0.25, 0.3) is 5.91 Å². The van der Waals surface area contributed by atoms with Crippen LogP contribution in [0.1, 0.15) is 29.2 Å². The summed E-state index contributed by atoms with van der Waals surface area (Å²) < 4.78 is 12.7. The third kappa shape index (κ3) is 6.19. The number of nitrogens with zero attached hydrogens (tertiary/aromatic N) is 1. The molecule has 0 saturated heterocycles. The Hall–Kier alpha value is -4.08. The molecule has 0 aromatic heterocycles. The van der Waals surface area contributed by atoms with Crippen LogP contribution in [0, 0.1) is 25.2 Å². The summed E-state index contributed by atoms with van der Waals surface area (Å²) in [4.78, 5) is 12.9. The van der Waals surface area contributed by atoms with Gasteiger partial charge in [0.15, 0.2) is 11.5 Å². The molecule has 186 valence electrons. The quantitative estimate of drug-likeness (QED) is 0.178. The van der Waals surface area contributed by atoms with Gasteiger partial charge in [0.05, 0.1) is 6.61 Å².